The first-order chi connectivity index (χ1) is 7.88. The standard InChI is InChI=1S/C13H14NO2/c15-6-7-16-13-3-1-2-11-10(13)8-12(14-11)9-4-5-9/h2-3,8-9,14-15H,4-7H2. The second-order valence-electron chi connectivity index (χ2n) is 4.22. The lowest BCUT2D eigenvalue weighted by Gasteiger charge is -2.04. The number of ether oxygens (including phenoxy) is 1. The first kappa shape index (κ1) is 9.73. The molecule has 1 radical (unpaired) electrons. The number of aliphatic hydroxyl groups is 1. The van der Waals surface area contributed by atoms with Crippen molar-refractivity contribution >= 4 is 10.9 Å². The van der Waals surface area contributed by atoms with Crippen LogP contribution in [0.3, 0.4) is 0 Å². The Morgan fingerprint density at radius 3 is 3.06 bits per heavy atom. The van der Waals surface area contributed by atoms with Crippen LogP contribution in [-0.4, -0.2) is 23.3 Å². The Kier molecular flexibility index (Phi) is 2.33. The minimum absolute atomic E-state index is 0.0380. The molecule has 0 spiro atoms. The van der Waals surface area contributed by atoms with Crippen molar-refractivity contribution in [1.29, 1.82) is 0 Å². The van der Waals surface area contributed by atoms with Gasteiger partial charge >= 0.3 is 0 Å². The van der Waals surface area contributed by atoms with Gasteiger partial charge in [0.2, 0.25) is 0 Å². The number of aromatic nitrogens is 1. The molecule has 1 aliphatic carbocycles. The molecule has 2 aromatic rings. The van der Waals surface area contributed by atoms with Crippen molar-refractivity contribution in [2.45, 2.75) is 18.8 Å². The summed E-state index contributed by atoms with van der Waals surface area (Å²) < 4.78 is 5.48. The third-order valence-electron chi connectivity index (χ3n) is 2.94. The molecule has 3 rings (SSSR count). The molecule has 3 nitrogen and oxygen atoms in total. The van der Waals surface area contributed by atoms with Crippen LogP contribution in [0.5, 0.6) is 5.75 Å². The summed E-state index contributed by atoms with van der Waals surface area (Å²) in [5.41, 5.74) is 2.36. The van der Waals surface area contributed by atoms with Gasteiger partial charge in [0.25, 0.3) is 0 Å². The van der Waals surface area contributed by atoms with E-state index >= 15 is 0 Å². The largest absolute Gasteiger partial charge is 0.490 e. The van der Waals surface area contributed by atoms with E-state index in [4.69, 9.17) is 9.84 Å². The fourth-order valence-electron chi connectivity index (χ4n) is 1.98. The summed E-state index contributed by atoms with van der Waals surface area (Å²) in [6, 6.07) is 8.97. The molecule has 0 unspecified atom stereocenters. The van der Waals surface area contributed by atoms with Gasteiger partial charge in [0.05, 0.1) is 6.61 Å². The fourth-order valence-corrected chi connectivity index (χ4v) is 1.98. The number of aliphatic hydroxyl groups excluding tert-OH is 1. The van der Waals surface area contributed by atoms with E-state index in [1.54, 1.807) is 0 Å². The van der Waals surface area contributed by atoms with Gasteiger partial charge in [-0.05, 0) is 43.0 Å². The van der Waals surface area contributed by atoms with Gasteiger partial charge in [-0.1, -0.05) is 0 Å². The van der Waals surface area contributed by atoms with Crippen LogP contribution in [0.2, 0.25) is 0 Å². The van der Waals surface area contributed by atoms with Crippen LogP contribution in [0.4, 0.5) is 0 Å². The third kappa shape index (κ3) is 1.67. The van der Waals surface area contributed by atoms with Crippen molar-refractivity contribution < 1.29 is 9.84 Å². The van der Waals surface area contributed by atoms with Gasteiger partial charge in [-0.3, -0.25) is 0 Å². The fraction of sp³-hybridized carbons (Fsp3) is 0.385. The molecule has 0 aliphatic heterocycles. The van der Waals surface area contributed by atoms with E-state index < -0.39 is 0 Å². The van der Waals surface area contributed by atoms with Crippen LogP contribution in [0, 0.1) is 6.07 Å². The van der Waals surface area contributed by atoms with Gasteiger partial charge in [-0.25, -0.2) is 0 Å². The minimum Gasteiger partial charge on any atom is -0.490 e. The zero-order chi connectivity index (χ0) is 11.0. The van der Waals surface area contributed by atoms with Crippen molar-refractivity contribution in [2.75, 3.05) is 13.2 Å². The lowest BCUT2D eigenvalue weighted by Crippen LogP contribution is -2.01. The molecule has 0 bridgehead atoms. The Morgan fingerprint density at radius 2 is 2.31 bits per heavy atom. The highest BCUT2D eigenvalue weighted by atomic mass is 16.5. The van der Waals surface area contributed by atoms with E-state index in [-0.39, 0.29) is 6.61 Å². The zero-order valence-electron chi connectivity index (χ0n) is 8.99. The maximum atomic E-state index is 8.76. The van der Waals surface area contributed by atoms with Gasteiger partial charge in [0.15, 0.2) is 0 Å². The first-order valence-corrected chi connectivity index (χ1v) is 5.65. The molecule has 1 saturated carbocycles. The van der Waals surface area contributed by atoms with Gasteiger partial charge < -0.3 is 14.8 Å². The van der Waals surface area contributed by atoms with E-state index in [9.17, 15) is 0 Å². The summed E-state index contributed by atoms with van der Waals surface area (Å²) in [5.74, 6) is 1.51. The molecular formula is C13H14NO2. The minimum atomic E-state index is 0.0380. The highest BCUT2D eigenvalue weighted by Gasteiger charge is 2.25. The van der Waals surface area contributed by atoms with Crippen LogP contribution in [0.1, 0.15) is 24.5 Å². The van der Waals surface area contributed by atoms with Gasteiger partial charge in [0, 0.05) is 16.6 Å². The summed E-state index contributed by atoms with van der Waals surface area (Å²) >= 11 is 0. The predicted molar refractivity (Wildman–Crippen MR) is 61.7 cm³/mol. The highest BCUT2D eigenvalue weighted by molar-refractivity contribution is 5.86. The number of fused-ring (bicyclic) bond motifs is 1. The number of hydrogen-bond acceptors (Lipinski definition) is 2. The number of hydrogen-bond donors (Lipinski definition) is 2. The summed E-state index contributed by atoms with van der Waals surface area (Å²) in [6.07, 6.45) is 2.56. The molecule has 1 aromatic heterocycles. The Labute approximate surface area is 94.0 Å². The van der Waals surface area contributed by atoms with Crippen LogP contribution in [-0.2, 0) is 0 Å². The van der Waals surface area contributed by atoms with Crippen molar-refractivity contribution in [1.82, 2.24) is 4.98 Å². The Morgan fingerprint density at radius 1 is 1.44 bits per heavy atom. The summed E-state index contributed by atoms with van der Waals surface area (Å²) in [6.45, 7) is 0.368. The Bertz CT molecular complexity index is 500. The average molecular weight is 216 g/mol. The molecule has 2 N–H and O–H groups in total. The van der Waals surface area contributed by atoms with Crippen molar-refractivity contribution in [3.8, 4) is 5.75 Å². The van der Waals surface area contributed by atoms with Crippen LogP contribution < -0.4 is 4.74 Å². The summed E-state index contributed by atoms with van der Waals surface area (Å²) in [7, 11) is 0. The second kappa shape index (κ2) is 3.83. The normalized spacial score (nSPS) is 15.6. The van der Waals surface area contributed by atoms with Crippen LogP contribution in [0.25, 0.3) is 10.9 Å². The molecule has 1 heterocycles. The molecule has 0 amide bonds. The molecule has 1 fully saturated rings. The highest BCUT2D eigenvalue weighted by Crippen LogP contribution is 2.41. The quantitative estimate of drug-likeness (QED) is 0.823. The van der Waals surface area contributed by atoms with E-state index in [2.05, 4.69) is 17.1 Å². The molecule has 0 atom stereocenters. The topological polar surface area (TPSA) is 45.2 Å². The SMILES string of the molecule is OCCOc1c[c]cc2[nH]c(C3CC3)cc12. The number of H-pyrrole nitrogens is 1. The third-order valence-corrected chi connectivity index (χ3v) is 2.94. The average Bonchev–Trinajstić information content (AvgIpc) is 3.06. The maximum Gasteiger partial charge on any atom is 0.129 e. The molecule has 1 aromatic carbocycles. The zero-order valence-corrected chi connectivity index (χ0v) is 8.99. The summed E-state index contributed by atoms with van der Waals surface area (Å²) in [5, 5.41) is 9.85. The monoisotopic (exact) mass is 216 g/mol. The molecular weight excluding hydrogens is 202 g/mol. The predicted octanol–water partition coefficient (Wildman–Crippen LogP) is 2.22. The van der Waals surface area contributed by atoms with Gasteiger partial charge in [-0.2, -0.15) is 0 Å². The van der Waals surface area contributed by atoms with E-state index in [1.807, 2.05) is 12.1 Å². The molecule has 0 saturated heterocycles. The molecule has 3 heteroatoms. The van der Waals surface area contributed by atoms with Crippen LogP contribution >= 0.6 is 0 Å². The maximum absolute atomic E-state index is 8.76. The second-order valence-corrected chi connectivity index (χ2v) is 4.22. The first-order valence-electron chi connectivity index (χ1n) is 5.65. The molecule has 1 aliphatic rings. The number of rotatable bonds is 4. The lowest BCUT2D eigenvalue weighted by atomic mass is 10.2. The smallest absolute Gasteiger partial charge is 0.129 e. The van der Waals surface area contributed by atoms with Crippen molar-refractivity contribution in [3.05, 3.63) is 30.0 Å². The van der Waals surface area contributed by atoms with Crippen molar-refractivity contribution in [3.63, 3.8) is 0 Å². The van der Waals surface area contributed by atoms with E-state index in [0.717, 1.165) is 16.7 Å². The van der Waals surface area contributed by atoms with Crippen molar-refractivity contribution in [2.24, 2.45) is 0 Å². The number of nitrogens with one attached hydrogen (secondary N) is 1. The Balaban J connectivity index is 1.99. The van der Waals surface area contributed by atoms with E-state index in [0.29, 0.717) is 12.5 Å². The number of aromatic amines is 1. The molecule has 83 valence electrons. The van der Waals surface area contributed by atoms with E-state index in [1.165, 1.54) is 18.5 Å². The Hall–Kier alpha value is -1.48. The molecule has 16 heavy (non-hydrogen) atoms. The number of benzene rings is 1. The lowest BCUT2D eigenvalue weighted by molar-refractivity contribution is 0.203. The summed E-state index contributed by atoms with van der Waals surface area (Å²) in [4.78, 5) is 3.40. The van der Waals surface area contributed by atoms with Crippen LogP contribution in [0.15, 0.2) is 18.2 Å². The van der Waals surface area contributed by atoms with Gasteiger partial charge in [0.1, 0.15) is 12.4 Å². The van der Waals surface area contributed by atoms with Gasteiger partial charge in [-0.15, -0.1) is 0 Å².